The van der Waals surface area contributed by atoms with E-state index >= 15 is 0 Å². The summed E-state index contributed by atoms with van der Waals surface area (Å²) in [5.74, 6) is -0.376. The number of nitrogens with zero attached hydrogens (tertiary/aromatic N) is 2. The smallest absolute Gasteiger partial charge is 0.327 e. The number of benzene rings is 2. The maximum Gasteiger partial charge on any atom is 0.327 e. The van der Waals surface area contributed by atoms with E-state index in [-0.39, 0.29) is 24.0 Å². The molecule has 0 saturated carbocycles. The fourth-order valence-corrected chi connectivity index (χ4v) is 4.30. The van der Waals surface area contributed by atoms with Crippen LogP contribution in [0.2, 0.25) is 0 Å². The largest absolute Gasteiger partial charge is 0.465 e. The van der Waals surface area contributed by atoms with Gasteiger partial charge in [0.25, 0.3) is 0 Å². The number of aliphatic hydroxyl groups excluding tert-OH is 1. The number of carbonyl (C=O) groups excluding carboxylic acids is 1. The molecule has 0 saturated heterocycles. The maximum absolute atomic E-state index is 12.1. The number of carbonyl (C=O) groups is 1. The van der Waals surface area contributed by atoms with E-state index in [0.29, 0.717) is 17.9 Å². The summed E-state index contributed by atoms with van der Waals surface area (Å²) in [5, 5.41) is 13.9. The van der Waals surface area contributed by atoms with E-state index in [1.165, 1.54) is 0 Å². The molecule has 0 aliphatic heterocycles. The van der Waals surface area contributed by atoms with E-state index in [0.717, 1.165) is 34.2 Å². The van der Waals surface area contributed by atoms with Crippen LogP contribution in [0.15, 0.2) is 60.0 Å². The fraction of sp³-hybridized carbons (Fsp3) is 0.250. The number of sulfone groups is 1. The Labute approximate surface area is 187 Å². The van der Waals surface area contributed by atoms with Crippen LogP contribution in [-0.2, 0) is 32.5 Å². The quantitative estimate of drug-likeness (QED) is 0.521. The molecule has 0 amide bonds. The average molecular weight is 455 g/mol. The van der Waals surface area contributed by atoms with Crippen LogP contribution < -0.4 is 0 Å². The van der Waals surface area contributed by atoms with Gasteiger partial charge in [-0.25, -0.2) is 8.42 Å². The van der Waals surface area contributed by atoms with Crippen LogP contribution in [0.5, 0.6) is 0 Å². The van der Waals surface area contributed by atoms with Gasteiger partial charge in [0.1, 0.15) is 6.54 Å². The minimum Gasteiger partial charge on any atom is -0.465 e. The second kappa shape index (κ2) is 9.50. The highest BCUT2D eigenvalue weighted by Gasteiger charge is 2.16. The van der Waals surface area contributed by atoms with Crippen molar-refractivity contribution >= 4 is 21.4 Å². The van der Waals surface area contributed by atoms with Gasteiger partial charge in [0, 0.05) is 6.26 Å². The van der Waals surface area contributed by atoms with Gasteiger partial charge in [-0.1, -0.05) is 43.0 Å². The topological polar surface area (TPSA) is 98.5 Å². The third-order valence-corrected chi connectivity index (χ3v) is 6.13. The first-order valence-corrected chi connectivity index (χ1v) is 12.0. The Balaban J connectivity index is 1.99. The standard InChI is InChI=1S/C24H26N2O5S/c1-5-31-24(28)14-26-22(13-21(25-26)16(2)3)18-8-6-17(7-9-18)19-10-11-20(15-27)23(12-19)32(4,29)30/h6-13,27H,2,5,14-15H2,1,3-4H3. The maximum atomic E-state index is 12.1. The highest BCUT2D eigenvalue weighted by molar-refractivity contribution is 7.90. The van der Waals surface area contributed by atoms with E-state index < -0.39 is 9.84 Å². The predicted octanol–water partition coefficient (Wildman–Crippen LogP) is 3.71. The lowest BCUT2D eigenvalue weighted by atomic mass is 10.0. The molecule has 0 radical (unpaired) electrons. The molecule has 7 nitrogen and oxygen atoms in total. The summed E-state index contributed by atoms with van der Waals surface area (Å²) in [6.07, 6.45) is 1.12. The molecular weight excluding hydrogens is 428 g/mol. The third-order valence-electron chi connectivity index (χ3n) is 4.95. The van der Waals surface area contributed by atoms with E-state index in [4.69, 9.17) is 4.74 Å². The van der Waals surface area contributed by atoms with Crippen LogP contribution in [0, 0.1) is 0 Å². The average Bonchev–Trinajstić information content (AvgIpc) is 3.17. The number of aromatic nitrogens is 2. The van der Waals surface area contributed by atoms with Crippen LogP contribution in [0.25, 0.3) is 28.0 Å². The number of allylic oxidation sites excluding steroid dienone is 1. The zero-order valence-corrected chi connectivity index (χ0v) is 19.1. The first-order valence-electron chi connectivity index (χ1n) is 10.1. The van der Waals surface area contributed by atoms with Gasteiger partial charge in [-0.15, -0.1) is 0 Å². The summed E-state index contributed by atoms with van der Waals surface area (Å²) in [5.41, 5.74) is 4.96. The van der Waals surface area contributed by atoms with Gasteiger partial charge in [0.15, 0.2) is 9.84 Å². The highest BCUT2D eigenvalue weighted by atomic mass is 32.2. The second-order valence-corrected chi connectivity index (χ2v) is 9.47. The zero-order chi connectivity index (χ0) is 23.5. The Morgan fingerprint density at radius 3 is 2.28 bits per heavy atom. The number of hydrogen-bond donors (Lipinski definition) is 1. The van der Waals surface area contributed by atoms with Crippen molar-refractivity contribution in [2.45, 2.75) is 31.9 Å². The number of ether oxygens (including phenoxy) is 1. The van der Waals surface area contributed by atoms with Crippen LogP contribution in [0.4, 0.5) is 0 Å². The van der Waals surface area contributed by atoms with Crippen LogP contribution in [0.3, 0.4) is 0 Å². The molecule has 0 spiro atoms. The van der Waals surface area contributed by atoms with Crippen molar-refractivity contribution in [3.8, 4) is 22.4 Å². The van der Waals surface area contributed by atoms with Crippen molar-refractivity contribution < 1.29 is 23.1 Å². The highest BCUT2D eigenvalue weighted by Crippen LogP contribution is 2.29. The predicted molar refractivity (Wildman–Crippen MR) is 123 cm³/mol. The molecule has 1 aromatic heterocycles. The monoisotopic (exact) mass is 454 g/mol. The summed E-state index contributed by atoms with van der Waals surface area (Å²) < 4.78 is 30.8. The Bertz CT molecular complexity index is 1260. The lowest BCUT2D eigenvalue weighted by Gasteiger charge is -2.10. The molecule has 0 bridgehead atoms. The normalized spacial score (nSPS) is 11.4. The lowest BCUT2D eigenvalue weighted by molar-refractivity contribution is -0.144. The Morgan fingerprint density at radius 2 is 1.72 bits per heavy atom. The molecule has 32 heavy (non-hydrogen) atoms. The zero-order valence-electron chi connectivity index (χ0n) is 18.3. The van der Waals surface area contributed by atoms with E-state index in [2.05, 4.69) is 11.7 Å². The van der Waals surface area contributed by atoms with E-state index in [1.807, 2.05) is 37.3 Å². The summed E-state index contributed by atoms with van der Waals surface area (Å²) in [6, 6.07) is 14.3. The molecule has 168 valence electrons. The molecule has 1 heterocycles. The molecule has 1 N–H and O–H groups in total. The van der Waals surface area contributed by atoms with Gasteiger partial charge >= 0.3 is 5.97 Å². The lowest BCUT2D eigenvalue weighted by Crippen LogP contribution is -2.15. The summed E-state index contributed by atoms with van der Waals surface area (Å²) in [6.45, 7) is 7.45. The molecule has 0 unspecified atom stereocenters. The van der Waals surface area contributed by atoms with Crippen LogP contribution in [0.1, 0.15) is 25.1 Å². The van der Waals surface area contributed by atoms with Gasteiger partial charge < -0.3 is 9.84 Å². The molecule has 2 aromatic carbocycles. The van der Waals surface area contributed by atoms with Gasteiger partial charge in [-0.2, -0.15) is 5.10 Å². The Morgan fingerprint density at radius 1 is 1.09 bits per heavy atom. The Hall–Kier alpha value is -3.23. The van der Waals surface area contributed by atoms with Crippen molar-refractivity contribution in [1.29, 1.82) is 0 Å². The molecular formula is C24H26N2O5S. The number of rotatable bonds is 8. The first kappa shape index (κ1) is 23.4. The molecule has 0 atom stereocenters. The molecule has 0 aliphatic carbocycles. The van der Waals surface area contributed by atoms with Gasteiger partial charge in [0.05, 0.1) is 29.5 Å². The third kappa shape index (κ3) is 5.15. The number of hydrogen-bond acceptors (Lipinski definition) is 6. The SMILES string of the molecule is C=C(C)c1cc(-c2ccc(-c3ccc(CO)c(S(C)(=O)=O)c3)cc2)n(CC(=O)OCC)n1. The molecule has 3 aromatic rings. The second-order valence-electron chi connectivity index (χ2n) is 7.49. The molecule has 0 aliphatic rings. The van der Waals surface area contributed by atoms with Crippen molar-refractivity contribution in [3.05, 3.63) is 66.4 Å². The first-order chi connectivity index (χ1) is 15.1. The van der Waals surface area contributed by atoms with E-state index in [9.17, 15) is 18.3 Å². The summed E-state index contributed by atoms with van der Waals surface area (Å²) in [7, 11) is -3.48. The number of esters is 1. The Kier molecular flexibility index (Phi) is 6.96. The van der Waals surface area contributed by atoms with Gasteiger partial charge in [-0.3, -0.25) is 9.48 Å². The van der Waals surface area contributed by atoms with Crippen LogP contribution >= 0.6 is 0 Å². The van der Waals surface area contributed by atoms with E-state index in [1.54, 1.807) is 29.8 Å². The van der Waals surface area contributed by atoms with Crippen molar-refractivity contribution in [3.63, 3.8) is 0 Å². The summed E-state index contributed by atoms with van der Waals surface area (Å²) in [4.78, 5) is 12.1. The summed E-state index contributed by atoms with van der Waals surface area (Å²) >= 11 is 0. The van der Waals surface area contributed by atoms with Crippen LogP contribution in [-0.4, -0.2) is 42.1 Å². The van der Waals surface area contributed by atoms with Crippen molar-refractivity contribution in [2.24, 2.45) is 0 Å². The van der Waals surface area contributed by atoms with Crippen molar-refractivity contribution in [2.75, 3.05) is 12.9 Å². The molecule has 0 fully saturated rings. The van der Waals surface area contributed by atoms with Gasteiger partial charge in [0.2, 0.25) is 0 Å². The minimum atomic E-state index is -3.48. The fourth-order valence-electron chi connectivity index (χ4n) is 3.35. The molecule has 3 rings (SSSR count). The van der Waals surface area contributed by atoms with Crippen molar-refractivity contribution in [1.82, 2.24) is 9.78 Å². The minimum absolute atomic E-state index is 0.0153. The molecule has 8 heteroatoms. The number of aliphatic hydroxyl groups is 1. The van der Waals surface area contributed by atoms with Gasteiger partial charge in [-0.05, 0) is 53.8 Å².